The van der Waals surface area contributed by atoms with Crippen LogP contribution in [0.1, 0.15) is 33.6 Å². The summed E-state index contributed by atoms with van der Waals surface area (Å²) < 4.78 is 29.7. The van der Waals surface area contributed by atoms with Crippen LogP contribution in [-0.4, -0.2) is 17.7 Å². The van der Waals surface area contributed by atoms with E-state index in [-0.39, 0.29) is 0 Å². The summed E-state index contributed by atoms with van der Waals surface area (Å²) in [6.45, 7) is 5.14. The number of hydrogen-bond acceptors (Lipinski definition) is 2. The summed E-state index contributed by atoms with van der Waals surface area (Å²) in [4.78, 5) is 0. The average molecular weight is 192 g/mol. The molecule has 0 aliphatic rings. The molecule has 0 aliphatic heterocycles. The first-order chi connectivity index (χ1) is 5.37. The Morgan fingerprint density at radius 3 is 2.25 bits per heavy atom. The summed E-state index contributed by atoms with van der Waals surface area (Å²) in [5, 5.41) is 0. The molecule has 1 atom stereocenters. The van der Waals surface area contributed by atoms with Crippen LogP contribution in [0.3, 0.4) is 0 Å². The molecule has 72 valence electrons. The second kappa shape index (κ2) is 4.05. The van der Waals surface area contributed by atoms with Crippen molar-refractivity contribution in [3.63, 3.8) is 0 Å². The fraction of sp³-hybridized carbons (Fsp3) is 0.750. The van der Waals surface area contributed by atoms with Crippen molar-refractivity contribution in [1.82, 2.24) is 0 Å². The molecule has 3 nitrogen and oxygen atoms in total. The normalized spacial score (nSPS) is 18.0. The van der Waals surface area contributed by atoms with Crippen LogP contribution in [0.2, 0.25) is 0 Å². The molecule has 12 heavy (non-hydrogen) atoms. The number of hydrogen-bond donors (Lipinski definition) is 1. The molecule has 0 saturated heterocycles. The Kier molecular flexibility index (Phi) is 3.93. The summed E-state index contributed by atoms with van der Waals surface area (Å²) in [7, 11) is -3.98. The van der Waals surface area contributed by atoms with Gasteiger partial charge in [0.1, 0.15) is 4.75 Å². The smallest absolute Gasteiger partial charge is 0.274 e. The van der Waals surface area contributed by atoms with Crippen LogP contribution >= 0.6 is 0 Å². The Morgan fingerprint density at radius 1 is 1.50 bits per heavy atom. The van der Waals surface area contributed by atoms with Gasteiger partial charge in [0.25, 0.3) is 10.1 Å². The SMILES string of the molecule is C/C=C\C(C)(CCC)S(=O)(=O)O. The van der Waals surface area contributed by atoms with Crippen molar-refractivity contribution in [3.8, 4) is 0 Å². The van der Waals surface area contributed by atoms with Gasteiger partial charge >= 0.3 is 0 Å². The van der Waals surface area contributed by atoms with Crippen molar-refractivity contribution in [2.75, 3.05) is 0 Å². The van der Waals surface area contributed by atoms with Gasteiger partial charge in [0.15, 0.2) is 0 Å². The van der Waals surface area contributed by atoms with Crippen molar-refractivity contribution < 1.29 is 13.0 Å². The van der Waals surface area contributed by atoms with Gasteiger partial charge in [0.2, 0.25) is 0 Å². The van der Waals surface area contributed by atoms with Gasteiger partial charge in [0.05, 0.1) is 0 Å². The zero-order valence-electron chi connectivity index (χ0n) is 7.74. The molecule has 1 unspecified atom stereocenters. The lowest BCUT2D eigenvalue weighted by atomic mass is 10.1. The van der Waals surface area contributed by atoms with Gasteiger partial charge in [-0.2, -0.15) is 8.42 Å². The van der Waals surface area contributed by atoms with Crippen LogP contribution < -0.4 is 0 Å². The predicted octanol–water partition coefficient (Wildman–Crippen LogP) is 2.01. The second-order valence-electron chi connectivity index (χ2n) is 3.04. The molecular formula is C8H16O3S. The molecule has 0 rings (SSSR count). The zero-order chi connectivity index (χ0) is 9.83. The van der Waals surface area contributed by atoms with Crippen LogP contribution in [0.5, 0.6) is 0 Å². The van der Waals surface area contributed by atoms with Gasteiger partial charge in [-0.1, -0.05) is 25.5 Å². The number of allylic oxidation sites excluding steroid dienone is 1. The largest absolute Gasteiger partial charge is 0.285 e. The van der Waals surface area contributed by atoms with Crippen molar-refractivity contribution >= 4 is 10.1 Å². The summed E-state index contributed by atoms with van der Waals surface area (Å²) in [5.74, 6) is 0. The minimum absolute atomic E-state index is 0.441. The van der Waals surface area contributed by atoms with Gasteiger partial charge < -0.3 is 0 Å². The maximum atomic E-state index is 10.9. The zero-order valence-corrected chi connectivity index (χ0v) is 8.56. The van der Waals surface area contributed by atoms with E-state index >= 15 is 0 Å². The van der Waals surface area contributed by atoms with Gasteiger partial charge in [-0.3, -0.25) is 4.55 Å². The highest BCUT2D eigenvalue weighted by Crippen LogP contribution is 2.23. The highest BCUT2D eigenvalue weighted by atomic mass is 32.2. The molecule has 0 radical (unpaired) electrons. The topological polar surface area (TPSA) is 54.4 Å². The molecule has 0 aliphatic carbocycles. The summed E-state index contributed by atoms with van der Waals surface area (Å²) in [6, 6.07) is 0. The van der Waals surface area contributed by atoms with Crippen LogP contribution in [0.4, 0.5) is 0 Å². The van der Waals surface area contributed by atoms with Gasteiger partial charge in [-0.05, 0) is 20.3 Å². The average Bonchev–Trinajstić information content (AvgIpc) is 1.86. The van der Waals surface area contributed by atoms with Gasteiger partial charge in [-0.15, -0.1) is 0 Å². The third-order valence-corrected chi connectivity index (χ3v) is 3.37. The third kappa shape index (κ3) is 2.60. The molecule has 0 aromatic rings. The quantitative estimate of drug-likeness (QED) is 0.547. The summed E-state index contributed by atoms with van der Waals surface area (Å²) >= 11 is 0. The first-order valence-electron chi connectivity index (χ1n) is 3.98. The first-order valence-corrected chi connectivity index (χ1v) is 5.42. The Bertz CT molecular complexity index is 253. The highest BCUT2D eigenvalue weighted by molar-refractivity contribution is 7.87. The summed E-state index contributed by atoms with van der Waals surface area (Å²) in [6.07, 6.45) is 4.33. The number of rotatable bonds is 4. The molecule has 0 fully saturated rings. The lowest BCUT2D eigenvalue weighted by molar-refractivity contribution is 0.444. The molecule has 0 saturated carbocycles. The van der Waals surface area contributed by atoms with Crippen molar-refractivity contribution in [3.05, 3.63) is 12.2 Å². The molecule has 4 heteroatoms. The van der Waals surface area contributed by atoms with Crippen molar-refractivity contribution in [2.45, 2.75) is 38.4 Å². The van der Waals surface area contributed by atoms with E-state index in [4.69, 9.17) is 4.55 Å². The fourth-order valence-corrected chi connectivity index (χ4v) is 1.92. The second-order valence-corrected chi connectivity index (χ2v) is 4.92. The maximum Gasteiger partial charge on any atom is 0.274 e. The third-order valence-electron chi connectivity index (χ3n) is 1.85. The highest BCUT2D eigenvalue weighted by Gasteiger charge is 2.33. The maximum absolute atomic E-state index is 10.9. The van der Waals surface area contributed by atoms with E-state index in [1.54, 1.807) is 13.0 Å². The molecule has 0 aromatic carbocycles. The fourth-order valence-electron chi connectivity index (χ4n) is 1.15. The van der Waals surface area contributed by atoms with E-state index < -0.39 is 14.9 Å². The molecular weight excluding hydrogens is 176 g/mol. The predicted molar refractivity (Wildman–Crippen MR) is 49.7 cm³/mol. The lowest BCUT2D eigenvalue weighted by Crippen LogP contribution is -2.32. The Morgan fingerprint density at radius 2 is 2.00 bits per heavy atom. The van der Waals surface area contributed by atoms with Crippen LogP contribution in [0.25, 0.3) is 0 Å². The molecule has 0 bridgehead atoms. The van der Waals surface area contributed by atoms with Crippen molar-refractivity contribution in [2.24, 2.45) is 0 Å². The van der Waals surface area contributed by atoms with Crippen molar-refractivity contribution in [1.29, 1.82) is 0 Å². The summed E-state index contributed by atoms with van der Waals surface area (Å²) in [5.41, 5.74) is 0. The van der Waals surface area contributed by atoms with E-state index in [9.17, 15) is 8.42 Å². The van der Waals surface area contributed by atoms with Gasteiger partial charge in [-0.25, -0.2) is 0 Å². The Hall–Kier alpha value is -0.350. The van der Waals surface area contributed by atoms with E-state index in [1.165, 1.54) is 13.0 Å². The lowest BCUT2D eigenvalue weighted by Gasteiger charge is -2.21. The molecule has 0 amide bonds. The monoisotopic (exact) mass is 192 g/mol. The van der Waals surface area contributed by atoms with E-state index in [0.717, 1.165) is 6.42 Å². The van der Waals surface area contributed by atoms with E-state index in [2.05, 4.69) is 0 Å². The van der Waals surface area contributed by atoms with E-state index in [0.29, 0.717) is 6.42 Å². The standard InChI is InChI=1S/C8H16O3S/c1-4-6-8(3,7-5-2)12(9,10)11/h4,6H,5,7H2,1-3H3,(H,9,10,11)/b6-4-. The molecule has 1 N–H and O–H groups in total. The molecule has 0 heterocycles. The molecule has 0 aromatic heterocycles. The van der Waals surface area contributed by atoms with Crippen LogP contribution in [0.15, 0.2) is 12.2 Å². The van der Waals surface area contributed by atoms with E-state index in [1.807, 2.05) is 6.92 Å². The van der Waals surface area contributed by atoms with Crippen LogP contribution in [-0.2, 0) is 10.1 Å². The Labute approximate surface area is 74.2 Å². The van der Waals surface area contributed by atoms with Crippen LogP contribution in [0, 0.1) is 0 Å². The Balaban J connectivity index is 4.88. The minimum atomic E-state index is -3.98. The van der Waals surface area contributed by atoms with Gasteiger partial charge in [0, 0.05) is 0 Å². The minimum Gasteiger partial charge on any atom is -0.285 e. The molecule has 0 spiro atoms. The first kappa shape index (κ1) is 11.6.